The molecule has 0 radical (unpaired) electrons. The predicted octanol–water partition coefficient (Wildman–Crippen LogP) is 1.89. The number of amides is 1. The van der Waals surface area contributed by atoms with Gasteiger partial charge in [0.05, 0.1) is 17.9 Å². The number of aliphatic carboxylic acids is 1. The second-order valence-corrected chi connectivity index (χ2v) is 6.16. The minimum atomic E-state index is -0.902. The lowest BCUT2D eigenvalue weighted by Crippen LogP contribution is -2.33. The fraction of sp³-hybridized carbons (Fsp3) is 0.688. The van der Waals surface area contributed by atoms with Crippen molar-refractivity contribution in [1.29, 1.82) is 0 Å². The molecule has 1 rings (SSSR count). The van der Waals surface area contributed by atoms with Crippen LogP contribution in [0.2, 0.25) is 0 Å². The van der Waals surface area contributed by atoms with E-state index in [0.717, 1.165) is 0 Å². The summed E-state index contributed by atoms with van der Waals surface area (Å²) in [7, 11) is 0. The van der Waals surface area contributed by atoms with Crippen molar-refractivity contribution in [2.45, 2.75) is 46.5 Å². The molecule has 0 aromatic carbocycles. The first kappa shape index (κ1) is 18.2. The van der Waals surface area contributed by atoms with Crippen molar-refractivity contribution in [1.82, 2.24) is 5.32 Å². The fourth-order valence-corrected chi connectivity index (χ4v) is 2.07. The molecule has 1 amide bonds. The van der Waals surface area contributed by atoms with E-state index in [1.165, 1.54) is 6.08 Å². The van der Waals surface area contributed by atoms with Gasteiger partial charge in [-0.25, -0.2) is 0 Å². The van der Waals surface area contributed by atoms with Crippen molar-refractivity contribution in [3.05, 3.63) is 11.6 Å². The molecule has 0 bridgehead atoms. The van der Waals surface area contributed by atoms with Crippen molar-refractivity contribution in [2.75, 3.05) is 13.2 Å². The number of rotatable bonds is 7. The van der Waals surface area contributed by atoms with Crippen LogP contribution in [0.1, 0.15) is 46.5 Å². The second kappa shape index (κ2) is 7.96. The predicted molar refractivity (Wildman–Crippen MR) is 81.1 cm³/mol. The van der Waals surface area contributed by atoms with Gasteiger partial charge in [-0.3, -0.25) is 14.4 Å². The average Bonchev–Trinajstić information content (AvgIpc) is 2.51. The highest BCUT2D eigenvalue weighted by Gasteiger charge is 2.27. The van der Waals surface area contributed by atoms with Crippen LogP contribution in [-0.2, 0) is 19.1 Å². The van der Waals surface area contributed by atoms with Crippen LogP contribution >= 0.6 is 0 Å². The zero-order valence-corrected chi connectivity index (χ0v) is 13.5. The molecule has 0 aliphatic heterocycles. The fourth-order valence-electron chi connectivity index (χ4n) is 2.07. The summed E-state index contributed by atoms with van der Waals surface area (Å²) in [5.41, 5.74) is -0.0243. The van der Waals surface area contributed by atoms with E-state index in [1.807, 2.05) is 20.8 Å². The molecule has 6 nitrogen and oxygen atoms in total. The second-order valence-electron chi connectivity index (χ2n) is 6.16. The quantitative estimate of drug-likeness (QED) is 0.553. The number of esters is 1. The van der Waals surface area contributed by atoms with E-state index in [4.69, 9.17) is 9.84 Å². The first-order valence-electron chi connectivity index (χ1n) is 7.67. The smallest absolute Gasteiger partial charge is 0.311 e. The molecule has 1 aliphatic rings. The SMILES string of the molecule is CCC(C)(C)C(=O)OCCNC(=O)C1=CC(C(=O)O)CCC1. The third-order valence-corrected chi connectivity index (χ3v) is 4.03. The summed E-state index contributed by atoms with van der Waals surface area (Å²) in [6.45, 7) is 5.88. The molecule has 6 heteroatoms. The van der Waals surface area contributed by atoms with Crippen LogP contribution in [0.5, 0.6) is 0 Å². The molecule has 1 atom stereocenters. The zero-order chi connectivity index (χ0) is 16.8. The topological polar surface area (TPSA) is 92.7 Å². The molecular formula is C16H25NO5. The Balaban J connectivity index is 2.38. The van der Waals surface area contributed by atoms with E-state index < -0.39 is 17.3 Å². The van der Waals surface area contributed by atoms with Gasteiger partial charge in [-0.05, 0) is 39.5 Å². The minimum absolute atomic E-state index is 0.115. The minimum Gasteiger partial charge on any atom is -0.481 e. The summed E-state index contributed by atoms with van der Waals surface area (Å²) in [4.78, 5) is 34.6. The molecule has 0 saturated carbocycles. The molecule has 124 valence electrons. The van der Waals surface area contributed by atoms with Gasteiger partial charge in [0.15, 0.2) is 0 Å². The zero-order valence-electron chi connectivity index (χ0n) is 13.5. The number of carboxylic acid groups (broad SMARTS) is 1. The first-order chi connectivity index (χ1) is 10.3. The van der Waals surface area contributed by atoms with E-state index in [1.54, 1.807) is 0 Å². The van der Waals surface area contributed by atoms with Gasteiger partial charge < -0.3 is 15.2 Å². The number of carboxylic acids is 1. The van der Waals surface area contributed by atoms with Crippen LogP contribution in [-0.4, -0.2) is 36.1 Å². The van der Waals surface area contributed by atoms with Gasteiger partial charge in [0, 0.05) is 5.57 Å². The Morgan fingerprint density at radius 3 is 2.68 bits per heavy atom. The lowest BCUT2D eigenvalue weighted by atomic mass is 9.90. The highest BCUT2D eigenvalue weighted by atomic mass is 16.5. The highest BCUT2D eigenvalue weighted by Crippen LogP contribution is 2.23. The van der Waals surface area contributed by atoms with Crippen LogP contribution in [0.3, 0.4) is 0 Å². The maximum atomic E-state index is 12.0. The highest BCUT2D eigenvalue weighted by molar-refractivity contribution is 5.94. The van der Waals surface area contributed by atoms with Gasteiger partial charge in [0.2, 0.25) is 5.91 Å². The monoisotopic (exact) mass is 311 g/mol. The van der Waals surface area contributed by atoms with Crippen LogP contribution in [0.25, 0.3) is 0 Å². The Labute approximate surface area is 130 Å². The Hall–Kier alpha value is -1.85. The van der Waals surface area contributed by atoms with Crippen LogP contribution in [0.15, 0.2) is 11.6 Å². The number of hydrogen-bond acceptors (Lipinski definition) is 4. The molecule has 2 N–H and O–H groups in total. The molecule has 1 aliphatic carbocycles. The summed E-state index contributed by atoms with van der Waals surface area (Å²) in [5, 5.41) is 11.6. The summed E-state index contributed by atoms with van der Waals surface area (Å²) in [6.07, 6.45) is 4.04. The Kier molecular flexibility index (Phi) is 6.59. The molecule has 0 spiro atoms. The summed E-state index contributed by atoms with van der Waals surface area (Å²) in [6, 6.07) is 0. The van der Waals surface area contributed by atoms with Crippen molar-refractivity contribution in [3.8, 4) is 0 Å². The Morgan fingerprint density at radius 1 is 1.41 bits per heavy atom. The van der Waals surface area contributed by atoms with Gasteiger partial charge in [0.25, 0.3) is 0 Å². The third kappa shape index (κ3) is 5.16. The molecule has 0 fully saturated rings. The van der Waals surface area contributed by atoms with E-state index in [9.17, 15) is 14.4 Å². The normalized spacial score (nSPS) is 18.3. The number of carbonyl (C=O) groups excluding carboxylic acids is 2. The van der Waals surface area contributed by atoms with Crippen molar-refractivity contribution >= 4 is 17.8 Å². The lowest BCUT2D eigenvalue weighted by Gasteiger charge is -2.20. The summed E-state index contributed by atoms with van der Waals surface area (Å²) in [5.74, 6) is -2.05. The number of ether oxygens (including phenoxy) is 1. The van der Waals surface area contributed by atoms with Gasteiger partial charge in [-0.15, -0.1) is 0 Å². The molecule has 0 aromatic heterocycles. The van der Waals surface area contributed by atoms with Crippen LogP contribution in [0.4, 0.5) is 0 Å². The van der Waals surface area contributed by atoms with Crippen LogP contribution < -0.4 is 5.32 Å². The van der Waals surface area contributed by atoms with Gasteiger partial charge >= 0.3 is 11.9 Å². The number of hydrogen-bond donors (Lipinski definition) is 2. The molecule has 1 unspecified atom stereocenters. The van der Waals surface area contributed by atoms with E-state index in [0.29, 0.717) is 31.3 Å². The standard InChI is InChI=1S/C16H25NO5/c1-4-16(2,3)15(21)22-9-8-17-13(18)11-6-5-7-12(10-11)14(19)20/h10,12H,4-9H2,1-3H3,(H,17,18)(H,19,20). The molecule has 0 heterocycles. The maximum Gasteiger partial charge on any atom is 0.311 e. The molecular weight excluding hydrogens is 286 g/mol. The van der Waals surface area contributed by atoms with Gasteiger partial charge in [0.1, 0.15) is 6.61 Å². The number of carbonyl (C=O) groups is 3. The average molecular weight is 311 g/mol. The van der Waals surface area contributed by atoms with E-state index >= 15 is 0 Å². The summed E-state index contributed by atoms with van der Waals surface area (Å²) < 4.78 is 5.13. The lowest BCUT2D eigenvalue weighted by molar-refractivity contribution is -0.154. The number of nitrogens with one attached hydrogen (secondary N) is 1. The molecule has 0 aromatic rings. The Bertz CT molecular complexity index is 467. The summed E-state index contributed by atoms with van der Waals surface area (Å²) >= 11 is 0. The van der Waals surface area contributed by atoms with E-state index in [2.05, 4.69) is 5.32 Å². The van der Waals surface area contributed by atoms with Crippen molar-refractivity contribution < 1.29 is 24.2 Å². The third-order valence-electron chi connectivity index (χ3n) is 4.03. The molecule has 0 saturated heterocycles. The van der Waals surface area contributed by atoms with Gasteiger partial charge in [-0.2, -0.15) is 0 Å². The van der Waals surface area contributed by atoms with Crippen molar-refractivity contribution in [3.63, 3.8) is 0 Å². The van der Waals surface area contributed by atoms with Crippen molar-refractivity contribution in [2.24, 2.45) is 11.3 Å². The largest absolute Gasteiger partial charge is 0.481 e. The van der Waals surface area contributed by atoms with E-state index in [-0.39, 0.29) is 25.0 Å². The Morgan fingerprint density at radius 2 is 2.09 bits per heavy atom. The van der Waals surface area contributed by atoms with Gasteiger partial charge in [-0.1, -0.05) is 13.0 Å². The van der Waals surface area contributed by atoms with Crippen LogP contribution in [0, 0.1) is 11.3 Å². The molecule has 22 heavy (non-hydrogen) atoms. The first-order valence-corrected chi connectivity index (χ1v) is 7.67. The maximum absolute atomic E-state index is 12.0.